The summed E-state index contributed by atoms with van der Waals surface area (Å²) in [5.74, 6) is 0. The maximum absolute atomic E-state index is 9.19. The van der Waals surface area contributed by atoms with E-state index < -0.39 is 0 Å². The smallest absolute Gasteiger partial charge is 0.109 e. The van der Waals surface area contributed by atoms with Crippen molar-refractivity contribution in [2.75, 3.05) is 25.5 Å². The van der Waals surface area contributed by atoms with E-state index >= 15 is 0 Å². The molecule has 2 aromatic rings. The molecule has 1 fully saturated rings. The minimum Gasteiger partial charge on any atom is -0.390 e. The monoisotopic (exact) mass is 313 g/mol. The predicted octanol–water partition coefficient (Wildman–Crippen LogP) is 1.52. The van der Waals surface area contributed by atoms with Crippen molar-refractivity contribution < 1.29 is 5.11 Å². The van der Waals surface area contributed by atoms with Gasteiger partial charge in [-0.15, -0.1) is 5.10 Å². The fraction of sp³-hybridized carbons (Fsp3) is 0.529. The number of rotatable bonds is 3. The highest BCUT2D eigenvalue weighted by Crippen LogP contribution is 2.53. The van der Waals surface area contributed by atoms with Crippen molar-refractivity contribution >= 4 is 5.69 Å². The summed E-state index contributed by atoms with van der Waals surface area (Å²) in [5, 5.41) is 17.3. The van der Waals surface area contributed by atoms with Crippen LogP contribution in [0.5, 0.6) is 0 Å². The largest absolute Gasteiger partial charge is 0.390 e. The number of aliphatic hydroxyl groups excluding tert-OH is 1. The Balaban J connectivity index is 1.83. The zero-order valence-corrected chi connectivity index (χ0v) is 13.9. The fourth-order valence-corrected chi connectivity index (χ4v) is 4.54. The second-order valence-corrected chi connectivity index (χ2v) is 6.74. The zero-order valence-electron chi connectivity index (χ0n) is 13.9. The molecule has 0 radical (unpaired) electrons. The lowest BCUT2D eigenvalue weighted by Crippen LogP contribution is -2.46. The van der Waals surface area contributed by atoms with Crippen LogP contribution in [-0.4, -0.2) is 51.8 Å². The van der Waals surface area contributed by atoms with Crippen molar-refractivity contribution in [1.29, 1.82) is 0 Å². The Bertz CT molecular complexity index is 742. The van der Waals surface area contributed by atoms with Gasteiger partial charge in [-0.2, -0.15) is 0 Å². The summed E-state index contributed by atoms with van der Waals surface area (Å²) in [6.07, 6.45) is 4.53. The maximum Gasteiger partial charge on any atom is 0.109 e. The summed E-state index contributed by atoms with van der Waals surface area (Å²) in [6, 6.07) is 6.52. The standard InChI is InChI=1S/C17H23N5O/c1-4-17-7-8-20(2)16(17)21(3)15-6-5-13(9-14(15)17)22-10-12(11-23)18-19-22/h5-6,9-10,16,23H,4,7-8,11H2,1-3H3/t16-,17+/m1/s1. The Morgan fingerprint density at radius 1 is 1.35 bits per heavy atom. The van der Waals surface area contributed by atoms with Crippen LogP contribution in [0.1, 0.15) is 31.0 Å². The van der Waals surface area contributed by atoms with Crippen LogP contribution in [0.25, 0.3) is 5.69 Å². The van der Waals surface area contributed by atoms with Gasteiger partial charge in [-0.3, -0.25) is 4.90 Å². The van der Waals surface area contributed by atoms with Crippen LogP contribution >= 0.6 is 0 Å². The first-order chi connectivity index (χ1) is 11.1. The molecular formula is C17H23N5O. The molecule has 3 heterocycles. The van der Waals surface area contributed by atoms with Crippen LogP contribution in [-0.2, 0) is 12.0 Å². The Kier molecular flexibility index (Phi) is 3.21. The summed E-state index contributed by atoms with van der Waals surface area (Å²) in [6.45, 7) is 3.34. The number of benzene rings is 1. The van der Waals surface area contributed by atoms with Crippen LogP contribution in [0.15, 0.2) is 24.4 Å². The molecule has 2 aliphatic heterocycles. The Hall–Kier alpha value is -1.92. The quantitative estimate of drug-likeness (QED) is 0.931. The average Bonchev–Trinajstić information content (AvgIpc) is 3.23. The Morgan fingerprint density at radius 3 is 2.87 bits per heavy atom. The fourth-order valence-electron chi connectivity index (χ4n) is 4.54. The first kappa shape index (κ1) is 14.7. The van der Waals surface area contributed by atoms with Gasteiger partial charge < -0.3 is 10.0 Å². The number of nitrogens with zero attached hydrogens (tertiary/aromatic N) is 5. The maximum atomic E-state index is 9.19. The van der Waals surface area contributed by atoms with Crippen molar-refractivity contribution in [2.45, 2.75) is 38.0 Å². The predicted molar refractivity (Wildman–Crippen MR) is 88.7 cm³/mol. The van der Waals surface area contributed by atoms with E-state index in [0.29, 0.717) is 11.9 Å². The van der Waals surface area contributed by atoms with Gasteiger partial charge in [-0.25, -0.2) is 4.68 Å². The summed E-state index contributed by atoms with van der Waals surface area (Å²) in [5.41, 5.74) is 4.51. The number of aliphatic hydroxyl groups is 1. The van der Waals surface area contributed by atoms with Gasteiger partial charge in [0.15, 0.2) is 0 Å². The molecule has 1 N–H and O–H groups in total. The molecule has 0 amide bonds. The highest BCUT2D eigenvalue weighted by Gasteiger charge is 2.54. The van der Waals surface area contributed by atoms with E-state index in [4.69, 9.17) is 0 Å². The summed E-state index contributed by atoms with van der Waals surface area (Å²) >= 11 is 0. The van der Waals surface area contributed by atoms with E-state index in [1.807, 2.05) is 0 Å². The lowest BCUT2D eigenvalue weighted by Gasteiger charge is -2.34. The van der Waals surface area contributed by atoms with Crippen molar-refractivity contribution in [3.8, 4) is 5.69 Å². The molecule has 1 aromatic heterocycles. The number of fused-ring (bicyclic) bond motifs is 3. The van der Waals surface area contributed by atoms with Crippen LogP contribution in [0.3, 0.4) is 0 Å². The molecule has 122 valence electrons. The molecule has 1 aromatic carbocycles. The van der Waals surface area contributed by atoms with Crippen LogP contribution in [0, 0.1) is 0 Å². The van der Waals surface area contributed by atoms with Gasteiger partial charge in [-0.1, -0.05) is 12.1 Å². The first-order valence-electron chi connectivity index (χ1n) is 8.21. The van der Waals surface area contributed by atoms with Crippen molar-refractivity contribution in [3.05, 3.63) is 35.7 Å². The van der Waals surface area contributed by atoms with Crippen molar-refractivity contribution in [3.63, 3.8) is 0 Å². The molecule has 23 heavy (non-hydrogen) atoms. The first-order valence-corrected chi connectivity index (χ1v) is 8.21. The molecule has 0 saturated carbocycles. The highest BCUT2D eigenvalue weighted by molar-refractivity contribution is 5.67. The van der Waals surface area contributed by atoms with Crippen LogP contribution < -0.4 is 4.90 Å². The number of hydrogen-bond donors (Lipinski definition) is 1. The summed E-state index contributed by atoms with van der Waals surface area (Å²) in [7, 11) is 4.41. The second kappa shape index (κ2) is 5.04. The summed E-state index contributed by atoms with van der Waals surface area (Å²) in [4.78, 5) is 4.87. The lowest BCUT2D eigenvalue weighted by atomic mass is 9.77. The van der Waals surface area contributed by atoms with Gasteiger partial charge in [0.1, 0.15) is 5.69 Å². The second-order valence-electron chi connectivity index (χ2n) is 6.74. The van der Waals surface area contributed by atoms with Crippen molar-refractivity contribution in [2.24, 2.45) is 0 Å². The van der Waals surface area contributed by atoms with Gasteiger partial charge in [0.05, 0.1) is 24.7 Å². The molecule has 4 rings (SSSR count). The number of anilines is 1. The highest BCUT2D eigenvalue weighted by atomic mass is 16.3. The van der Waals surface area contributed by atoms with E-state index in [1.54, 1.807) is 10.9 Å². The third kappa shape index (κ3) is 1.88. The topological polar surface area (TPSA) is 57.4 Å². The van der Waals surface area contributed by atoms with Gasteiger partial charge >= 0.3 is 0 Å². The SMILES string of the molecule is CC[C@@]12CCN(C)[C@@H]1N(C)c1ccc(-n3cc(CO)nn3)cc12. The molecule has 0 aliphatic carbocycles. The van der Waals surface area contributed by atoms with Crippen molar-refractivity contribution in [1.82, 2.24) is 19.9 Å². The molecule has 1 saturated heterocycles. The Morgan fingerprint density at radius 2 is 2.17 bits per heavy atom. The molecule has 0 bridgehead atoms. The third-order valence-electron chi connectivity index (χ3n) is 5.68. The van der Waals surface area contributed by atoms with Gasteiger partial charge in [0.25, 0.3) is 0 Å². The van der Waals surface area contributed by atoms with Gasteiger partial charge in [-0.05, 0) is 43.7 Å². The van der Waals surface area contributed by atoms with E-state index in [0.717, 1.165) is 18.7 Å². The van der Waals surface area contributed by atoms with Gasteiger partial charge in [0.2, 0.25) is 0 Å². The molecule has 2 atom stereocenters. The number of likely N-dealkylation sites (N-methyl/N-ethyl adjacent to an activating group) is 2. The summed E-state index contributed by atoms with van der Waals surface area (Å²) < 4.78 is 1.75. The van der Waals surface area contributed by atoms with Gasteiger partial charge in [0, 0.05) is 24.7 Å². The number of likely N-dealkylation sites (tertiary alicyclic amines) is 1. The molecule has 0 spiro atoms. The zero-order chi connectivity index (χ0) is 16.2. The normalized spacial score (nSPS) is 26.6. The molecule has 0 unspecified atom stereocenters. The van der Waals surface area contributed by atoms with E-state index in [1.165, 1.54) is 17.7 Å². The minimum atomic E-state index is -0.0839. The van der Waals surface area contributed by atoms with E-state index in [9.17, 15) is 5.11 Å². The third-order valence-corrected chi connectivity index (χ3v) is 5.68. The molecule has 2 aliphatic rings. The van der Waals surface area contributed by atoms with Crippen LogP contribution in [0.4, 0.5) is 5.69 Å². The number of aromatic nitrogens is 3. The lowest BCUT2D eigenvalue weighted by molar-refractivity contribution is 0.252. The molecule has 6 heteroatoms. The molecule has 6 nitrogen and oxygen atoms in total. The van der Waals surface area contributed by atoms with E-state index in [-0.39, 0.29) is 12.0 Å². The Labute approximate surface area is 136 Å². The van der Waals surface area contributed by atoms with E-state index in [2.05, 4.69) is 59.3 Å². The molecular weight excluding hydrogens is 290 g/mol. The average molecular weight is 313 g/mol. The number of hydrogen-bond acceptors (Lipinski definition) is 5. The van der Waals surface area contributed by atoms with Crippen LogP contribution in [0.2, 0.25) is 0 Å². The minimum absolute atomic E-state index is 0.0839.